The number of nitrogens with zero attached hydrogens (tertiary/aromatic N) is 4. The van der Waals surface area contributed by atoms with Gasteiger partial charge in [0.25, 0.3) is 5.91 Å². The van der Waals surface area contributed by atoms with E-state index in [1.54, 1.807) is 28.0 Å². The number of urea groups is 2. The smallest absolute Gasteiger partial charge is 0.332 e. The van der Waals surface area contributed by atoms with Crippen LogP contribution in [0.25, 0.3) is 0 Å². The van der Waals surface area contributed by atoms with Crippen LogP contribution in [0.3, 0.4) is 0 Å². The average molecular weight is 479 g/mol. The summed E-state index contributed by atoms with van der Waals surface area (Å²) in [6.45, 7) is 4.21. The number of fused-ring (bicyclic) bond motifs is 5. The molecule has 3 heterocycles. The summed E-state index contributed by atoms with van der Waals surface area (Å²) in [6.07, 6.45) is 0.631. The minimum absolute atomic E-state index is 0.00543. The maximum Gasteiger partial charge on any atom is 0.332 e. The normalized spacial score (nSPS) is 26.0. The number of benzene rings is 1. The van der Waals surface area contributed by atoms with E-state index in [-0.39, 0.29) is 36.1 Å². The zero-order chi connectivity index (χ0) is 19.5. The van der Waals surface area contributed by atoms with Gasteiger partial charge in [-0.1, -0.05) is 0 Å². The molecule has 3 atom stereocenters. The summed E-state index contributed by atoms with van der Waals surface area (Å²) >= 11 is 2.02. The second kappa shape index (κ2) is 6.37. The molecule has 3 aliphatic rings. The Hall–Kier alpha value is -2.35. The highest BCUT2D eigenvalue weighted by molar-refractivity contribution is 14.1. The van der Waals surface area contributed by atoms with Gasteiger partial charge in [0.05, 0.1) is 23.3 Å². The predicted octanol–water partition coefficient (Wildman–Crippen LogP) is 1.87. The molecule has 1 aromatic rings. The Balaban J connectivity index is 1.62. The van der Waals surface area contributed by atoms with Crippen molar-refractivity contribution < 1.29 is 14.4 Å². The van der Waals surface area contributed by atoms with Gasteiger partial charge in [0, 0.05) is 16.2 Å². The molecule has 0 unspecified atom stereocenters. The third kappa shape index (κ3) is 2.65. The van der Waals surface area contributed by atoms with Gasteiger partial charge in [-0.05, 0) is 61.1 Å². The van der Waals surface area contributed by atoms with Crippen molar-refractivity contribution in [1.29, 1.82) is 5.26 Å². The third-order valence-electron chi connectivity index (χ3n) is 5.27. The van der Waals surface area contributed by atoms with Crippen molar-refractivity contribution in [3.63, 3.8) is 0 Å². The molecule has 2 bridgehead atoms. The molecule has 0 saturated carbocycles. The molecule has 4 rings (SSSR count). The molecule has 1 N–H and O–H groups in total. The van der Waals surface area contributed by atoms with Crippen molar-refractivity contribution in [1.82, 2.24) is 15.1 Å². The topological polar surface area (TPSA) is 96.7 Å². The monoisotopic (exact) mass is 479 g/mol. The van der Waals surface area contributed by atoms with E-state index in [1.165, 1.54) is 4.90 Å². The lowest BCUT2D eigenvalue weighted by Gasteiger charge is -2.35. The van der Waals surface area contributed by atoms with Crippen LogP contribution in [0.1, 0.15) is 25.8 Å². The Labute approximate surface area is 170 Å². The molecule has 5 amide bonds. The van der Waals surface area contributed by atoms with Crippen LogP contribution in [-0.2, 0) is 4.79 Å². The van der Waals surface area contributed by atoms with E-state index >= 15 is 0 Å². The van der Waals surface area contributed by atoms with E-state index in [1.807, 2.05) is 36.4 Å². The van der Waals surface area contributed by atoms with E-state index in [4.69, 9.17) is 5.26 Å². The van der Waals surface area contributed by atoms with Gasteiger partial charge in [0.1, 0.15) is 12.1 Å². The van der Waals surface area contributed by atoms with Crippen molar-refractivity contribution >= 4 is 46.2 Å². The predicted molar refractivity (Wildman–Crippen MR) is 105 cm³/mol. The first-order valence-electron chi connectivity index (χ1n) is 8.76. The van der Waals surface area contributed by atoms with Gasteiger partial charge in [-0.25, -0.2) is 14.5 Å². The van der Waals surface area contributed by atoms with Crippen molar-refractivity contribution in [2.45, 2.75) is 44.4 Å². The fraction of sp³-hybridized carbons (Fsp3) is 0.444. The van der Waals surface area contributed by atoms with Crippen molar-refractivity contribution in [2.24, 2.45) is 0 Å². The molecular formula is C18H18IN5O3. The summed E-state index contributed by atoms with van der Waals surface area (Å²) in [7, 11) is 0. The molecule has 0 aliphatic carbocycles. The van der Waals surface area contributed by atoms with Crippen LogP contribution in [0.5, 0.6) is 0 Å². The van der Waals surface area contributed by atoms with Crippen LogP contribution >= 0.6 is 22.6 Å². The molecule has 3 aliphatic heterocycles. The molecule has 140 valence electrons. The fourth-order valence-electron chi connectivity index (χ4n) is 4.19. The summed E-state index contributed by atoms with van der Waals surface area (Å²) in [5.74, 6) is -0.310. The highest BCUT2D eigenvalue weighted by atomic mass is 127. The number of imide groups is 1. The molecule has 0 radical (unpaired) electrons. The van der Waals surface area contributed by atoms with Crippen molar-refractivity contribution in [3.05, 3.63) is 27.3 Å². The van der Waals surface area contributed by atoms with Gasteiger partial charge >= 0.3 is 12.1 Å². The molecule has 9 heteroatoms. The quantitative estimate of drug-likeness (QED) is 0.518. The van der Waals surface area contributed by atoms with E-state index in [0.29, 0.717) is 27.8 Å². The molecule has 8 nitrogen and oxygen atoms in total. The zero-order valence-electron chi connectivity index (χ0n) is 14.8. The number of nitrogens with one attached hydrogen (secondary N) is 1. The fourth-order valence-corrected chi connectivity index (χ4v) is 4.81. The summed E-state index contributed by atoms with van der Waals surface area (Å²) in [5.41, 5.74) is 0.955. The standard InChI is InChI=1S/C18H18IN5O3/c1-9(2)21-17(26)22-8-12-6-14(22)15-16(25)24(18(27)23(12)15)11-4-3-10(7-20)13(19)5-11/h3-5,9,12,14-15H,6,8H2,1-2H3,(H,21,26)/t12-,14-,15+/m0/s1. The van der Waals surface area contributed by atoms with E-state index < -0.39 is 6.04 Å². The first-order valence-corrected chi connectivity index (χ1v) is 9.84. The number of likely N-dealkylation sites (tertiary alicyclic amines) is 1. The van der Waals surface area contributed by atoms with E-state index in [2.05, 4.69) is 11.4 Å². The lowest BCUT2D eigenvalue weighted by molar-refractivity contribution is -0.121. The molecule has 3 fully saturated rings. The number of carbonyl (C=O) groups is 3. The van der Waals surface area contributed by atoms with Gasteiger partial charge in [-0.3, -0.25) is 4.79 Å². The molecule has 0 aromatic heterocycles. The Morgan fingerprint density at radius 3 is 2.74 bits per heavy atom. The minimum Gasteiger partial charge on any atom is -0.336 e. The van der Waals surface area contributed by atoms with Crippen molar-refractivity contribution in [2.75, 3.05) is 11.4 Å². The summed E-state index contributed by atoms with van der Waals surface area (Å²) in [6, 6.07) is 5.36. The van der Waals surface area contributed by atoms with Crippen molar-refractivity contribution in [3.8, 4) is 6.07 Å². The van der Waals surface area contributed by atoms with Gasteiger partial charge in [0.15, 0.2) is 0 Å². The lowest BCUT2D eigenvalue weighted by Crippen LogP contribution is -2.57. The minimum atomic E-state index is -0.637. The first kappa shape index (κ1) is 18.0. The number of anilines is 1. The maximum atomic E-state index is 13.1. The van der Waals surface area contributed by atoms with Crippen LogP contribution in [0.4, 0.5) is 15.3 Å². The van der Waals surface area contributed by atoms with Crippen LogP contribution < -0.4 is 10.2 Å². The largest absolute Gasteiger partial charge is 0.336 e. The van der Waals surface area contributed by atoms with Gasteiger partial charge in [0.2, 0.25) is 0 Å². The second-order valence-corrected chi connectivity index (χ2v) is 8.46. The molecular weight excluding hydrogens is 461 g/mol. The zero-order valence-corrected chi connectivity index (χ0v) is 17.0. The number of hydrogen-bond donors (Lipinski definition) is 1. The Kier molecular flexibility index (Phi) is 4.25. The number of amides is 5. The highest BCUT2D eigenvalue weighted by Gasteiger charge is 2.62. The molecule has 0 spiro atoms. The van der Waals surface area contributed by atoms with Crippen LogP contribution in [0.2, 0.25) is 0 Å². The number of piperazine rings is 1. The highest BCUT2D eigenvalue weighted by Crippen LogP contribution is 2.42. The van der Waals surface area contributed by atoms with E-state index in [0.717, 1.165) is 0 Å². The number of rotatable bonds is 2. The van der Waals surface area contributed by atoms with Gasteiger partial charge in [-0.2, -0.15) is 5.26 Å². The lowest BCUT2D eigenvalue weighted by atomic mass is 10.1. The Morgan fingerprint density at radius 1 is 1.37 bits per heavy atom. The first-order chi connectivity index (χ1) is 12.8. The van der Waals surface area contributed by atoms with Crippen LogP contribution in [0.15, 0.2) is 18.2 Å². The second-order valence-electron chi connectivity index (χ2n) is 7.30. The summed E-state index contributed by atoms with van der Waals surface area (Å²) < 4.78 is 0.682. The van der Waals surface area contributed by atoms with Crippen LogP contribution in [-0.4, -0.2) is 58.5 Å². The van der Waals surface area contributed by atoms with Crippen LogP contribution in [0, 0.1) is 14.9 Å². The number of halogens is 1. The SMILES string of the molecule is CC(C)NC(=O)N1C[C@@H]2C[C@H]1[C@@H]1C(=O)N(c3ccc(C#N)c(I)c3)C(=O)N21. The Morgan fingerprint density at radius 2 is 2.11 bits per heavy atom. The maximum absolute atomic E-state index is 13.1. The van der Waals surface area contributed by atoms with Gasteiger partial charge < -0.3 is 15.1 Å². The average Bonchev–Trinajstić information content (AvgIpc) is 3.26. The summed E-state index contributed by atoms with van der Waals surface area (Å²) in [4.78, 5) is 43.0. The summed E-state index contributed by atoms with van der Waals surface area (Å²) in [5, 5.41) is 11.9. The molecule has 3 saturated heterocycles. The van der Waals surface area contributed by atoms with E-state index in [9.17, 15) is 14.4 Å². The Bertz CT molecular complexity index is 895. The number of carbonyl (C=O) groups excluding carboxylic acids is 3. The number of nitriles is 1. The molecule has 1 aromatic carbocycles. The van der Waals surface area contributed by atoms with Gasteiger partial charge in [-0.15, -0.1) is 0 Å². The molecule has 27 heavy (non-hydrogen) atoms. The number of hydrogen-bond acceptors (Lipinski definition) is 4. The third-order valence-corrected chi connectivity index (χ3v) is 6.16.